The van der Waals surface area contributed by atoms with Gasteiger partial charge in [-0.1, -0.05) is 0 Å². The summed E-state index contributed by atoms with van der Waals surface area (Å²) in [6, 6.07) is 0. The zero-order valence-electron chi connectivity index (χ0n) is 7.63. The van der Waals surface area contributed by atoms with Crippen LogP contribution in [0, 0.1) is 20.2 Å². The minimum Gasteiger partial charge on any atom is -0.450 e. The van der Waals surface area contributed by atoms with Gasteiger partial charge in [-0.2, -0.15) is 0 Å². The highest BCUT2D eigenvalue weighted by molar-refractivity contribution is 5.69. The van der Waals surface area contributed by atoms with Crippen LogP contribution in [0.4, 0.5) is 4.79 Å². The quantitative estimate of drug-likeness (QED) is 0.472. The Bertz CT molecular complexity index is 307. The Morgan fingerprint density at radius 1 is 1.40 bits per heavy atom. The molecule has 10 nitrogen and oxygen atoms in total. The third-order valence-electron chi connectivity index (χ3n) is 1.10. The Balaban J connectivity index is 4.80. The summed E-state index contributed by atoms with van der Waals surface area (Å²) in [4.78, 5) is 28.4. The predicted octanol–water partition coefficient (Wildman–Crippen LogP) is -0.629. The summed E-state index contributed by atoms with van der Waals surface area (Å²) >= 11 is 0. The number of nitro groups is 2. The molecule has 0 aliphatic carbocycles. The van der Waals surface area contributed by atoms with Crippen molar-refractivity contribution in [3.05, 3.63) is 31.9 Å². The van der Waals surface area contributed by atoms with Gasteiger partial charge in [0.1, 0.15) is 9.85 Å². The van der Waals surface area contributed by atoms with Crippen LogP contribution in [-0.2, 0) is 4.74 Å². The van der Waals surface area contributed by atoms with E-state index in [1.807, 2.05) is 0 Å². The Morgan fingerprint density at radius 2 is 1.87 bits per heavy atom. The van der Waals surface area contributed by atoms with E-state index in [0.29, 0.717) is 0 Å². The molecule has 0 bridgehead atoms. The standard InChI is InChI=1S/C5H8N4O6/c1-2-15-5(10)7-3(6)4(8(11)12)9(13)14/h2,6H2,1H3,(H,7,10). The molecule has 0 rings (SSSR count). The molecule has 0 atom stereocenters. The molecule has 0 aliphatic rings. The largest absolute Gasteiger partial charge is 0.599 e. The van der Waals surface area contributed by atoms with Crippen molar-refractivity contribution in [3.63, 3.8) is 0 Å². The molecule has 0 radical (unpaired) electrons. The number of amides is 1. The van der Waals surface area contributed by atoms with Crippen LogP contribution < -0.4 is 11.1 Å². The molecule has 1 amide bonds. The first kappa shape index (κ1) is 12.6. The van der Waals surface area contributed by atoms with Gasteiger partial charge in [-0.15, -0.1) is 0 Å². The highest BCUT2D eigenvalue weighted by Gasteiger charge is 2.32. The van der Waals surface area contributed by atoms with Gasteiger partial charge in [-0.25, -0.2) is 4.79 Å². The van der Waals surface area contributed by atoms with Crippen molar-refractivity contribution in [2.45, 2.75) is 6.92 Å². The van der Waals surface area contributed by atoms with Crippen molar-refractivity contribution in [2.75, 3.05) is 6.61 Å². The van der Waals surface area contributed by atoms with Crippen molar-refractivity contribution in [1.82, 2.24) is 5.32 Å². The lowest BCUT2D eigenvalue weighted by molar-refractivity contribution is -0.617. The first-order valence-corrected chi connectivity index (χ1v) is 3.62. The highest BCUT2D eigenvalue weighted by atomic mass is 16.7. The van der Waals surface area contributed by atoms with Gasteiger partial charge in [0.15, 0.2) is 0 Å². The van der Waals surface area contributed by atoms with Gasteiger partial charge in [0.2, 0.25) is 0 Å². The summed E-state index contributed by atoms with van der Waals surface area (Å²) in [5, 5.41) is 22.0. The Hall–Kier alpha value is -2.39. The summed E-state index contributed by atoms with van der Waals surface area (Å²) in [6.45, 7) is 1.49. The molecule has 84 valence electrons. The van der Waals surface area contributed by atoms with Gasteiger partial charge in [0.05, 0.1) is 6.61 Å². The molecule has 0 heterocycles. The highest BCUT2D eigenvalue weighted by Crippen LogP contribution is 1.98. The van der Waals surface area contributed by atoms with Crippen LogP contribution in [0.1, 0.15) is 6.92 Å². The van der Waals surface area contributed by atoms with Crippen LogP contribution in [0.5, 0.6) is 0 Å². The number of nitrogens with two attached hydrogens (primary N) is 1. The lowest BCUT2D eigenvalue weighted by Gasteiger charge is -2.01. The second kappa shape index (κ2) is 5.36. The molecule has 15 heavy (non-hydrogen) atoms. The van der Waals surface area contributed by atoms with Crippen LogP contribution >= 0.6 is 0 Å². The van der Waals surface area contributed by atoms with E-state index in [9.17, 15) is 25.0 Å². The number of ether oxygens (including phenoxy) is 1. The van der Waals surface area contributed by atoms with Gasteiger partial charge in [0.25, 0.3) is 5.82 Å². The molecule has 0 aromatic carbocycles. The number of carbonyl (C=O) groups excluding carboxylic acids is 1. The number of alkyl carbamates (subject to hydrolysis) is 1. The maximum absolute atomic E-state index is 10.7. The molecule has 0 saturated heterocycles. The molecule has 3 N–H and O–H groups in total. The van der Waals surface area contributed by atoms with E-state index in [-0.39, 0.29) is 6.61 Å². The van der Waals surface area contributed by atoms with E-state index in [2.05, 4.69) is 4.74 Å². The molecule has 0 aliphatic heterocycles. The van der Waals surface area contributed by atoms with Gasteiger partial charge < -0.3 is 10.5 Å². The smallest absolute Gasteiger partial charge is 0.450 e. The first-order valence-electron chi connectivity index (χ1n) is 3.62. The summed E-state index contributed by atoms with van der Waals surface area (Å²) in [5.74, 6) is -2.49. The third-order valence-corrected chi connectivity index (χ3v) is 1.10. The van der Waals surface area contributed by atoms with Crippen LogP contribution in [-0.4, -0.2) is 22.5 Å². The SMILES string of the molecule is CCOC(=O)NC(N)=C([N+](=O)[O-])[N+](=O)[O-]. The minimum atomic E-state index is -1.51. The summed E-state index contributed by atoms with van der Waals surface area (Å²) in [5.41, 5.74) is 4.94. The van der Waals surface area contributed by atoms with Crippen molar-refractivity contribution < 1.29 is 19.4 Å². The molecule has 0 aromatic rings. The van der Waals surface area contributed by atoms with Crippen LogP contribution in [0.2, 0.25) is 0 Å². The first-order chi connectivity index (χ1) is 6.90. The fourth-order valence-corrected chi connectivity index (χ4v) is 0.596. The van der Waals surface area contributed by atoms with E-state index in [1.54, 1.807) is 5.32 Å². The number of hydrogen-bond acceptors (Lipinski definition) is 7. The van der Waals surface area contributed by atoms with Crippen molar-refractivity contribution in [2.24, 2.45) is 5.73 Å². The van der Waals surface area contributed by atoms with Crippen molar-refractivity contribution in [1.29, 1.82) is 0 Å². The number of rotatable bonds is 4. The zero-order valence-corrected chi connectivity index (χ0v) is 7.63. The number of nitrogens with one attached hydrogen (secondary N) is 1. The lowest BCUT2D eigenvalue weighted by atomic mass is 10.6. The van der Waals surface area contributed by atoms with Crippen molar-refractivity contribution in [3.8, 4) is 0 Å². The minimum absolute atomic E-state index is 0.00533. The molecule has 0 unspecified atom stereocenters. The molecule has 0 fully saturated rings. The average molecular weight is 220 g/mol. The maximum Gasteiger partial charge on any atom is 0.599 e. The molecule has 10 heteroatoms. The Kier molecular flexibility index (Phi) is 4.51. The van der Waals surface area contributed by atoms with Crippen LogP contribution in [0.15, 0.2) is 11.6 Å². The summed E-state index contributed by atoms with van der Waals surface area (Å²) < 4.78 is 4.31. The normalized spacial score (nSPS) is 8.87. The van der Waals surface area contributed by atoms with Gasteiger partial charge in [-0.05, 0) is 6.92 Å². The molecular formula is C5H8N4O6. The second-order valence-corrected chi connectivity index (χ2v) is 2.10. The van der Waals surface area contributed by atoms with E-state index < -0.39 is 27.6 Å². The molecule has 0 aromatic heterocycles. The van der Waals surface area contributed by atoms with E-state index in [4.69, 9.17) is 5.73 Å². The van der Waals surface area contributed by atoms with Gasteiger partial charge >= 0.3 is 11.9 Å². The fraction of sp³-hybridized carbons (Fsp3) is 0.400. The Morgan fingerprint density at radius 3 is 2.20 bits per heavy atom. The second-order valence-electron chi connectivity index (χ2n) is 2.10. The van der Waals surface area contributed by atoms with Gasteiger partial charge in [-0.3, -0.25) is 25.5 Å². The lowest BCUT2D eigenvalue weighted by Crippen LogP contribution is -2.32. The topological polar surface area (TPSA) is 151 Å². The van der Waals surface area contributed by atoms with Crippen LogP contribution in [0.25, 0.3) is 0 Å². The monoisotopic (exact) mass is 220 g/mol. The predicted molar refractivity (Wildman–Crippen MR) is 45.4 cm³/mol. The molecular weight excluding hydrogens is 212 g/mol. The van der Waals surface area contributed by atoms with E-state index in [1.165, 1.54) is 6.92 Å². The van der Waals surface area contributed by atoms with Crippen molar-refractivity contribution >= 4 is 6.09 Å². The number of nitrogens with zero attached hydrogens (tertiary/aromatic N) is 2. The molecule has 0 saturated carbocycles. The number of hydrogen-bond donors (Lipinski definition) is 2. The molecule has 0 spiro atoms. The zero-order chi connectivity index (χ0) is 12.0. The Labute approximate surface area is 83.0 Å². The van der Waals surface area contributed by atoms with Crippen LogP contribution in [0.3, 0.4) is 0 Å². The average Bonchev–Trinajstić information content (AvgIpc) is 2.01. The fourth-order valence-electron chi connectivity index (χ4n) is 0.596. The third kappa shape index (κ3) is 3.89. The number of carbonyl (C=O) groups is 1. The van der Waals surface area contributed by atoms with E-state index in [0.717, 1.165) is 0 Å². The summed E-state index contributed by atoms with van der Waals surface area (Å²) in [6.07, 6.45) is -1.10. The summed E-state index contributed by atoms with van der Waals surface area (Å²) in [7, 11) is 0. The maximum atomic E-state index is 10.7. The van der Waals surface area contributed by atoms with Gasteiger partial charge in [0, 0.05) is 0 Å². The van der Waals surface area contributed by atoms with E-state index >= 15 is 0 Å².